The number of hydrogen-bond donors (Lipinski definition) is 2. The van der Waals surface area contributed by atoms with E-state index in [1.807, 2.05) is 23.7 Å². The molecule has 0 saturated carbocycles. The third-order valence-electron chi connectivity index (χ3n) is 4.43. The normalized spacial score (nSPS) is 16.6. The third kappa shape index (κ3) is 3.12. The molecular weight excluding hydrogens is 346 g/mol. The van der Waals surface area contributed by atoms with E-state index in [0.717, 1.165) is 15.9 Å². The Labute approximate surface area is 154 Å². The Bertz CT molecular complexity index is 1040. The molecule has 1 saturated heterocycles. The van der Waals surface area contributed by atoms with Crippen molar-refractivity contribution >= 4 is 40.3 Å². The Morgan fingerprint density at radius 2 is 1.96 bits per heavy atom. The summed E-state index contributed by atoms with van der Waals surface area (Å²) in [6, 6.07) is 12.6. The summed E-state index contributed by atoms with van der Waals surface area (Å²) in [5.74, 6) is -0.798. The second kappa shape index (κ2) is 6.56. The molecule has 3 aromatic rings. The highest BCUT2D eigenvalue weighted by Gasteiger charge is 2.39. The number of fused-ring (bicyclic) bond motifs is 1. The second-order valence-electron chi connectivity index (χ2n) is 6.32. The highest BCUT2D eigenvalue weighted by atomic mass is 16.2. The van der Waals surface area contributed by atoms with E-state index in [4.69, 9.17) is 0 Å². The molecule has 2 N–H and O–H groups in total. The number of anilines is 2. The van der Waals surface area contributed by atoms with E-state index in [1.54, 1.807) is 42.7 Å². The van der Waals surface area contributed by atoms with E-state index < -0.39 is 18.0 Å². The smallest absolute Gasteiger partial charge is 0.329 e. The van der Waals surface area contributed by atoms with E-state index in [0.29, 0.717) is 11.4 Å². The molecule has 136 valence electrons. The first-order valence-electron chi connectivity index (χ1n) is 8.43. The number of aromatic nitrogens is 2. The van der Waals surface area contributed by atoms with Crippen LogP contribution in [0.15, 0.2) is 54.9 Å². The van der Waals surface area contributed by atoms with Crippen LogP contribution >= 0.6 is 0 Å². The largest absolute Gasteiger partial charge is 0.334 e. The predicted octanol–water partition coefficient (Wildman–Crippen LogP) is 2.03. The summed E-state index contributed by atoms with van der Waals surface area (Å²) in [6.07, 6.45) is 1.55. The highest BCUT2D eigenvalue weighted by molar-refractivity contribution is 6.22. The Balaban J connectivity index is 1.45. The Kier molecular flexibility index (Phi) is 4.08. The van der Waals surface area contributed by atoms with Crippen LogP contribution in [0.5, 0.6) is 0 Å². The minimum absolute atomic E-state index is 0.142. The molecule has 2 heterocycles. The Morgan fingerprint density at radius 1 is 1.19 bits per heavy atom. The number of nitrogens with zero attached hydrogens (tertiary/aromatic N) is 3. The van der Waals surface area contributed by atoms with Crippen LogP contribution in [0.3, 0.4) is 0 Å². The van der Waals surface area contributed by atoms with E-state index in [2.05, 4.69) is 15.6 Å². The summed E-state index contributed by atoms with van der Waals surface area (Å²) in [5.41, 5.74) is 2.79. The topological polar surface area (TPSA) is 96.3 Å². The molecule has 0 radical (unpaired) electrons. The van der Waals surface area contributed by atoms with Gasteiger partial charge in [0, 0.05) is 12.7 Å². The molecule has 0 aliphatic carbocycles. The summed E-state index contributed by atoms with van der Waals surface area (Å²) in [5, 5.41) is 5.33. The number of carbonyl (C=O) groups is 3. The van der Waals surface area contributed by atoms with Crippen LogP contribution in [0.25, 0.3) is 11.0 Å². The van der Waals surface area contributed by atoms with Crippen molar-refractivity contribution < 1.29 is 14.4 Å². The molecule has 8 nitrogen and oxygen atoms in total. The van der Waals surface area contributed by atoms with Gasteiger partial charge in [0.25, 0.3) is 5.91 Å². The lowest BCUT2D eigenvalue weighted by Gasteiger charge is -2.12. The zero-order valence-electron chi connectivity index (χ0n) is 14.5. The van der Waals surface area contributed by atoms with Crippen LogP contribution in [0, 0.1) is 0 Å². The summed E-state index contributed by atoms with van der Waals surface area (Å²) in [4.78, 5) is 42.3. The fourth-order valence-corrected chi connectivity index (χ4v) is 3.09. The first-order chi connectivity index (χ1) is 13.0. The van der Waals surface area contributed by atoms with Crippen molar-refractivity contribution in [2.75, 3.05) is 10.2 Å². The first-order valence-corrected chi connectivity index (χ1v) is 8.43. The lowest BCUT2D eigenvalue weighted by atomic mass is 10.2. The molecule has 0 spiro atoms. The fraction of sp³-hybridized carbons (Fsp3) is 0.158. The van der Waals surface area contributed by atoms with Gasteiger partial charge in [0.15, 0.2) is 0 Å². The molecule has 0 unspecified atom stereocenters. The minimum atomic E-state index is -0.891. The molecule has 1 fully saturated rings. The van der Waals surface area contributed by atoms with Crippen molar-refractivity contribution in [3.63, 3.8) is 0 Å². The summed E-state index contributed by atoms with van der Waals surface area (Å²) in [6.45, 7) is 0. The van der Waals surface area contributed by atoms with Gasteiger partial charge in [-0.3, -0.25) is 9.59 Å². The first kappa shape index (κ1) is 16.8. The van der Waals surface area contributed by atoms with Crippen LogP contribution in [0.1, 0.15) is 6.42 Å². The van der Waals surface area contributed by atoms with Crippen molar-refractivity contribution in [2.45, 2.75) is 12.5 Å². The van der Waals surface area contributed by atoms with Gasteiger partial charge in [-0.05, 0) is 30.3 Å². The Morgan fingerprint density at radius 3 is 2.74 bits per heavy atom. The number of urea groups is 1. The van der Waals surface area contributed by atoms with Crippen LogP contribution in [-0.2, 0) is 16.6 Å². The van der Waals surface area contributed by atoms with E-state index in [-0.39, 0.29) is 12.3 Å². The molecule has 27 heavy (non-hydrogen) atoms. The van der Waals surface area contributed by atoms with Crippen molar-refractivity contribution in [1.82, 2.24) is 14.9 Å². The predicted molar refractivity (Wildman–Crippen MR) is 100 cm³/mol. The lowest BCUT2D eigenvalue weighted by Crippen LogP contribution is -2.34. The monoisotopic (exact) mass is 363 g/mol. The molecule has 1 aliphatic heterocycles. The van der Waals surface area contributed by atoms with Gasteiger partial charge in [0.1, 0.15) is 6.04 Å². The maximum absolute atomic E-state index is 12.5. The van der Waals surface area contributed by atoms with Crippen molar-refractivity contribution in [1.29, 1.82) is 0 Å². The van der Waals surface area contributed by atoms with Crippen LogP contribution in [-0.4, -0.2) is 33.4 Å². The molecule has 2 aromatic carbocycles. The Hall–Kier alpha value is -3.68. The standard InChI is InChI=1S/C19H17N5O3/c1-23-11-20-14-8-7-12(9-16(14)23)21-17(25)10-15-18(26)24(19(27)22-15)13-5-3-2-4-6-13/h2-9,11,15H,10H2,1H3,(H,21,25)(H,22,27)/t15-/m1/s1. The van der Waals surface area contributed by atoms with Gasteiger partial charge < -0.3 is 15.2 Å². The van der Waals surface area contributed by atoms with E-state index in [1.165, 1.54) is 0 Å². The maximum atomic E-state index is 12.5. The number of imide groups is 1. The van der Waals surface area contributed by atoms with Crippen molar-refractivity contribution in [3.05, 3.63) is 54.9 Å². The number of carbonyl (C=O) groups excluding carboxylic acids is 3. The molecule has 8 heteroatoms. The third-order valence-corrected chi connectivity index (χ3v) is 4.43. The molecule has 4 rings (SSSR count). The average Bonchev–Trinajstić information content (AvgIpc) is 3.15. The van der Waals surface area contributed by atoms with Gasteiger partial charge >= 0.3 is 6.03 Å². The summed E-state index contributed by atoms with van der Waals surface area (Å²) in [7, 11) is 1.87. The zero-order valence-corrected chi connectivity index (χ0v) is 14.5. The molecule has 4 amide bonds. The SMILES string of the molecule is Cn1cnc2ccc(NC(=O)C[C@H]3NC(=O)N(c4ccccc4)C3=O)cc21. The minimum Gasteiger partial charge on any atom is -0.334 e. The van der Waals surface area contributed by atoms with Gasteiger partial charge in [-0.2, -0.15) is 0 Å². The number of rotatable bonds is 4. The van der Waals surface area contributed by atoms with Crippen molar-refractivity contribution in [3.8, 4) is 0 Å². The number of nitrogens with one attached hydrogen (secondary N) is 2. The van der Waals surface area contributed by atoms with Crippen LogP contribution < -0.4 is 15.5 Å². The molecular formula is C19H17N5O3. The molecule has 1 atom stereocenters. The maximum Gasteiger partial charge on any atom is 0.329 e. The number of hydrogen-bond acceptors (Lipinski definition) is 4. The second-order valence-corrected chi connectivity index (χ2v) is 6.32. The lowest BCUT2D eigenvalue weighted by molar-refractivity contribution is -0.122. The van der Waals surface area contributed by atoms with Gasteiger partial charge in [-0.15, -0.1) is 0 Å². The van der Waals surface area contributed by atoms with Gasteiger partial charge in [0.05, 0.1) is 29.5 Å². The van der Waals surface area contributed by atoms with Gasteiger partial charge in [-0.25, -0.2) is 14.7 Å². The molecule has 1 aliphatic rings. The number of amides is 4. The zero-order chi connectivity index (χ0) is 19.0. The fourth-order valence-electron chi connectivity index (χ4n) is 3.09. The summed E-state index contributed by atoms with van der Waals surface area (Å²) < 4.78 is 1.85. The van der Waals surface area contributed by atoms with E-state index in [9.17, 15) is 14.4 Å². The number of para-hydroxylation sites is 1. The average molecular weight is 363 g/mol. The van der Waals surface area contributed by atoms with Crippen LogP contribution in [0.2, 0.25) is 0 Å². The van der Waals surface area contributed by atoms with Gasteiger partial charge in [-0.1, -0.05) is 18.2 Å². The number of imidazole rings is 1. The van der Waals surface area contributed by atoms with Gasteiger partial charge in [0.2, 0.25) is 5.91 Å². The molecule has 0 bridgehead atoms. The van der Waals surface area contributed by atoms with Crippen LogP contribution in [0.4, 0.5) is 16.2 Å². The quantitative estimate of drug-likeness (QED) is 0.693. The number of benzene rings is 2. The molecule has 1 aromatic heterocycles. The number of aryl methyl sites for hydroxylation is 1. The van der Waals surface area contributed by atoms with E-state index >= 15 is 0 Å². The highest BCUT2D eigenvalue weighted by Crippen LogP contribution is 2.21. The van der Waals surface area contributed by atoms with Crippen molar-refractivity contribution in [2.24, 2.45) is 7.05 Å². The summed E-state index contributed by atoms with van der Waals surface area (Å²) >= 11 is 0.